The van der Waals surface area contributed by atoms with Crippen molar-refractivity contribution in [2.24, 2.45) is 5.10 Å². The maximum Gasteiger partial charge on any atom is 0.240 e. The second-order valence-electron chi connectivity index (χ2n) is 8.32. The monoisotopic (exact) mass is 459 g/mol. The summed E-state index contributed by atoms with van der Waals surface area (Å²) in [5, 5.41) is 18.1. The van der Waals surface area contributed by atoms with Crippen molar-refractivity contribution in [3.8, 4) is 11.5 Å². The molecule has 1 aliphatic heterocycles. The van der Waals surface area contributed by atoms with Crippen LogP contribution in [0.5, 0.6) is 11.5 Å². The van der Waals surface area contributed by atoms with E-state index in [1.54, 1.807) is 0 Å². The molecular formula is C24H30ClN3O4. The lowest BCUT2D eigenvalue weighted by atomic mass is 10.0. The van der Waals surface area contributed by atoms with Crippen LogP contribution in [0.15, 0.2) is 53.6 Å². The number of hydrogen-bond donors (Lipinski definition) is 3. The van der Waals surface area contributed by atoms with E-state index in [2.05, 4.69) is 29.7 Å². The predicted octanol–water partition coefficient (Wildman–Crippen LogP) is 3.88. The summed E-state index contributed by atoms with van der Waals surface area (Å²) in [5.74, 6) is 1.18. The summed E-state index contributed by atoms with van der Waals surface area (Å²) < 4.78 is 11.4. The lowest BCUT2D eigenvalue weighted by Crippen LogP contribution is -2.42. The molecule has 1 heterocycles. The zero-order chi connectivity index (χ0) is 23.0. The summed E-state index contributed by atoms with van der Waals surface area (Å²) in [5.41, 5.74) is 3.99. The van der Waals surface area contributed by atoms with E-state index >= 15 is 0 Å². The van der Waals surface area contributed by atoms with E-state index in [1.165, 1.54) is 0 Å². The summed E-state index contributed by atoms with van der Waals surface area (Å²) in [7, 11) is 0. The topological polar surface area (TPSA) is 92.2 Å². The van der Waals surface area contributed by atoms with Crippen LogP contribution in [0.3, 0.4) is 0 Å². The molecule has 7 nitrogen and oxygen atoms in total. The van der Waals surface area contributed by atoms with Crippen LogP contribution in [0.4, 0.5) is 0 Å². The van der Waals surface area contributed by atoms with Gasteiger partial charge in [0, 0.05) is 31.3 Å². The molecular weight excluding hydrogens is 430 g/mol. The first kappa shape index (κ1) is 24.0. The Balaban J connectivity index is 1.40. The molecule has 32 heavy (non-hydrogen) atoms. The Kier molecular flexibility index (Phi) is 8.50. The number of aliphatic hydroxyl groups excluding tert-OH is 1. The van der Waals surface area contributed by atoms with Gasteiger partial charge in [-0.05, 0) is 56.2 Å². The lowest BCUT2D eigenvalue weighted by Gasteiger charge is -2.27. The van der Waals surface area contributed by atoms with Crippen molar-refractivity contribution in [2.75, 3.05) is 13.2 Å². The number of ether oxygens (including phenoxy) is 2. The van der Waals surface area contributed by atoms with Gasteiger partial charge in [0.25, 0.3) is 0 Å². The molecule has 172 valence electrons. The minimum atomic E-state index is -0.864. The van der Waals surface area contributed by atoms with E-state index in [9.17, 15) is 9.90 Å². The third-order valence-corrected chi connectivity index (χ3v) is 5.46. The Morgan fingerprint density at radius 2 is 2.00 bits per heavy atom. The Morgan fingerprint density at radius 3 is 2.69 bits per heavy atom. The zero-order valence-corrected chi connectivity index (χ0v) is 19.2. The molecule has 1 unspecified atom stereocenters. The quantitative estimate of drug-likeness (QED) is 0.443. The minimum Gasteiger partial charge on any atom is -0.492 e. The largest absolute Gasteiger partial charge is 0.492 e. The molecule has 3 N–H and O–H groups in total. The van der Waals surface area contributed by atoms with Crippen molar-refractivity contribution in [3.05, 3.63) is 59.1 Å². The van der Waals surface area contributed by atoms with Gasteiger partial charge in [0.2, 0.25) is 5.91 Å². The fourth-order valence-corrected chi connectivity index (χ4v) is 3.47. The van der Waals surface area contributed by atoms with Crippen molar-refractivity contribution >= 4 is 23.2 Å². The molecule has 0 aromatic heterocycles. The molecule has 3 rings (SSSR count). The van der Waals surface area contributed by atoms with Crippen molar-refractivity contribution in [1.29, 1.82) is 0 Å². The first-order valence-electron chi connectivity index (χ1n) is 10.8. The van der Waals surface area contributed by atoms with Crippen LogP contribution in [-0.2, 0) is 4.79 Å². The lowest BCUT2D eigenvalue weighted by molar-refractivity contribution is -0.121. The van der Waals surface area contributed by atoms with Crippen molar-refractivity contribution in [1.82, 2.24) is 10.7 Å². The zero-order valence-electron chi connectivity index (χ0n) is 18.4. The highest BCUT2D eigenvalue weighted by molar-refractivity contribution is 6.32. The van der Waals surface area contributed by atoms with E-state index in [1.807, 2.05) is 48.5 Å². The molecule has 0 fully saturated rings. The molecule has 0 aliphatic carbocycles. The van der Waals surface area contributed by atoms with Crippen molar-refractivity contribution in [3.63, 3.8) is 0 Å². The third-order valence-electron chi connectivity index (χ3n) is 5.16. The molecule has 0 saturated heterocycles. The number of rotatable bonds is 11. The van der Waals surface area contributed by atoms with E-state index in [4.69, 9.17) is 21.1 Å². The van der Waals surface area contributed by atoms with E-state index in [0.29, 0.717) is 48.9 Å². The first-order chi connectivity index (χ1) is 15.3. The number of benzene rings is 2. The molecule has 8 heteroatoms. The maximum absolute atomic E-state index is 11.2. The Morgan fingerprint density at radius 1 is 1.22 bits per heavy atom. The molecule has 0 bridgehead atoms. The summed E-state index contributed by atoms with van der Waals surface area (Å²) in [4.78, 5) is 11.2. The van der Waals surface area contributed by atoms with Crippen LogP contribution in [0.2, 0.25) is 5.02 Å². The number of carbonyl (C=O) groups is 1. The van der Waals surface area contributed by atoms with E-state index < -0.39 is 6.29 Å². The second kappa shape index (κ2) is 11.3. The highest BCUT2D eigenvalue weighted by Crippen LogP contribution is 2.27. The standard InChI is InChI=1S/C24H30ClN3O4/c1-24(2,26-14-12-23(30)32-18-6-4-3-5-7-18)13-15-31-21-10-8-17(16-19(21)25)20-9-11-22(29)28-27-20/h3-8,10,16,23,26,30H,9,11-15H2,1-2H3,(H,28,29). The number of amides is 1. The average molecular weight is 460 g/mol. The average Bonchev–Trinajstić information content (AvgIpc) is 2.76. The predicted molar refractivity (Wildman–Crippen MR) is 125 cm³/mol. The number of aliphatic hydroxyl groups is 1. The second-order valence-corrected chi connectivity index (χ2v) is 8.73. The number of hydrogen-bond acceptors (Lipinski definition) is 6. The fraction of sp³-hybridized carbons (Fsp3) is 0.417. The normalized spacial score (nSPS) is 15.0. The van der Waals surface area contributed by atoms with Gasteiger partial charge in [0.1, 0.15) is 11.5 Å². The van der Waals surface area contributed by atoms with Crippen molar-refractivity contribution in [2.45, 2.75) is 51.4 Å². The van der Waals surface area contributed by atoms with Gasteiger partial charge in [-0.25, -0.2) is 5.43 Å². The van der Waals surface area contributed by atoms with Crippen LogP contribution in [-0.4, -0.2) is 41.7 Å². The number of carbonyl (C=O) groups excluding carboxylic acids is 1. The van der Waals surface area contributed by atoms with Crippen LogP contribution >= 0.6 is 11.6 Å². The SMILES string of the molecule is CC(C)(CCOc1ccc(C2=NNC(=O)CC2)cc1Cl)NCCC(O)Oc1ccccc1. The summed E-state index contributed by atoms with van der Waals surface area (Å²) in [6.07, 6.45) is 1.37. The van der Waals surface area contributed by atoms with Crippen LogP contribution in [0.25, 0.3) is 0 Å². The number of para-hydroxylation sites is 1. The third kappa shape index (κ3) is 7.51. The maximum atomic E-state index is 11.2. The summed E-state index contributed by atoms with van der Waals surface area (Å²) in [6.45, 7) is 5.26. The van der Waals surface area contributed by atoms with E-state index in [-0.39, 0.29) is 11.4 Å². The Hall–Kier alpha value is -2.61. The van der Waals surface area contributed by atoms with Gasteiger partial charge >= 0.3 is 0 Å². The first-order valence-corrected chi connectivity index (χ1v) is 11.1. The van der Waals surface area contributed by atoms with Gasteiger partial charge in [0.15, 0.2) is 6.29 Å². The fourth-order valence-electron chi connectivity index (χ4n) is 3.23. The molecule has 0 spiro atoms. The van der Waals surface area contributed by atoms with Crippen LogP contribution in [0.1, 0.15) is 45.1 Å². The molecule has 1 atom stereocenters. The highest BCUT2D eigenvalue weighted by atomic mass is 35.5. The van der Waals surface area contributed by atoms with Gasteiger partial charge in [-0.15, -0.1) is 0 Å². The van der Waals surface area contributed by atoms with Gasteiger partial charge in [-0.2, -0.15) is 5.10 Å². The number of halogens is 1. The molecule has 0 saturated carbocycles. The van der Waals surface area contributed by atoms with Gasteiger partial charge < -0.3 is 19.9 Å². The number of hydrazone groups is 1. The summed E-state index contributed by atoms with van der Waals surface area (Å²) in [6, 6.07) is 14.8. The van der Waals surface area contributed by atoms with Gasteiger partial charge in [-0.3, -0.25) is 4.79 Å². The minimum absolute atomic E-state index is 0.0748. The van der Waals surface area contributed by atoms with Gasteiger partial charge in [-0.1, -0.05) is 29.8 Å². The molecule has 1 aliphatic rings. The smallest absolute Gasteiger partial charge is 0.240 e. The van der Waals surface area contributed by atoms with Crippen LogP contribution in [0, 0.1) is 0 Å². The molecule has 0 radical (unpaired) electrons. The Labute approximate surface area is 193 Å². The van der Waals surface area contributed by atoms with E-state index in [0.717, 1.165) is 17.7 Å². The van der Waals surface area contributed by atoms with Gasteiger partial charge in [0.05, 0.1) is 17.3 Å². The van der Waals surface area contributed by atoms with Crippen molar-refractivity contribution < 1.29 is 19.4 Å². The number of nitrogens with one attached hydrogen (secondary N) is 2. The molecule has 2 aromatic carbocycles. The number of nitrogens with zero attached hydrogens (tertiary/aromatic N) is 1. The highest BCUT2D eigenvalue weighted by Gasteiger charge is 2.19. The summed E-state index contributed by atoms with van der Waals surface area (Å²) >= 11 is 6.39. The van der Waals surface area contributed by atoms with Crippen LogP contribution < -0.4 is 20.2 Å². The molecule has 2 aromatic rings. The Bertz CT molecular complexity index is 934. The molecule has 1 amide bonds.